The lowest BCUT2D eigenvalue weighted by Gasteiger charge is -2.24. The lowest BCUT2D eigenvalue weighted by atomic mass is 9.89. The van der Waals surface area contributed by atoms with Gasteiger partial charge >= 0.3 is 11.9 Å². The molecule has 0 aliphatic heterocycles. The summed E-state index contributed by atoms with van der Waals surface area (Å²) in [5, 5.41) is 0. The van der Waals surface area contributed by atoms with Crippen molar-refractivity contribution >= 4 is 11.9 Å². The Morgan fingerprint density at radius 2 is 1.76 bits per heavy atom. The SMILES string of the molecule is CC(C)COC(=O)CCCCCC(=O)OC(CC1C=CCCC1)c1ccccc1. The standard InChI is InChI=1S/C25H36O4/c1-20(2)19-28-24(26)16-10-5-11-17-25(27)29-23(22-14-8-4-9-15-22)18-21-12-6-3-7-13-21/h4,6,8-9,12,14-15,20-21,23H,3,5,7,10-11,13,16-19H2,1-2H3. The molecule has 2 atom stereocenters. The predicted molar refractivity (Wildman–Crippen MR) is 115 cm³/mol. The summed E-state index contributed by atoms with van der Waals surface area (Å²) in [6.07, 6.45) is 11.8. The van der Waals surface area contributed by atoms with E-state index in [1.54, 1.807) is 0 Å². The molecule has 160 valence electrons. The summed E-state index contributed by atoms with van der Waals surface area (Å²) in [5.74, 6) is 0.529. The number of esters is 2. The van der Waals surface area contributed by atoms with E-state index in [2.05, 4.69) is 12.2 Å². The van der Waals surface area contributed by atoms with Gasteiger partial charge in [0.25, 0.3) is 0 Å². The Hall–Kier alpha value is -2.10. The highest BCUT2D eigenvalue weighted by molar-refractivity contribution is 5.70. The molecule has 4 nitrogen and oxygen atoms in total. The van der Waals surface area contributed by atoms with Crippen molar-refractivity contribution in [1.29, 1.82) is 0 Å². The molecule has 0 fully saturated rings. The minimum atomic E-state index is -0.192. The molecule has 0 saturated carbocycles. The van der Waals surface area contributed by atoms with Gasteiger partial charge in [-0.3, -0.25) is 9.59 Å². The van der Waals surface area contributed by atoms with Crippen molar-refractivity contribution in [3.8, 4) is 0 Å². The lowest BCUT2D eigenvalue weighted by Crippen LogP contribution is -2.15. The van der Waals surface area contributed by atoms with Crippen molar-refractivity contribution in [2.75, 3.05) is 6.61 Å². The van der Waals surface area contributed by atoms with Crippen molar-refractivity contribution in [3.63, 3.8) is 0 Å². The second kappa shape index (κ2) is 13.2. The van der Waals surface area contributed by atoms with Crippen LogP contribution in [0.1, 0.15) is 83.3 Å². The predicted octanol–water partition coefficient (Wildman–Crippen LogP) is 6.17. The Kier molecular flexibility index (Phi) is 10.5. The molecule has 0 heterocycles. The second-order valence-corrected chi connectivity index (χ2v) is 8.38. The Labute approximate surface area is 175 Å². The molecule has 2 rings (SSSR count). The molecular formula is C25H36O4. The number of allylic oxidation sites excluding steroid dienone is 2. The first kappa shape index (κ1) is 23.2. The topological polar surface area (TPSA) is 52.6 Å². The van der Waals surface area contributed by atoms with Crippen LogP contribution in [0.15, 0.2) is 42.5 Å². The van der Waals surface area contributed by atoms with Gasteiger partial charge in [0.1, 0.15) is 6.10 Å². The maximum atomic E-state index is 12.4. The van der Waals surface area contributed by atoms with Gasteiger partial charge < -0.3 is 9.47 Å². The molecule has 0 aromatic heterocycles. The Morgan fingerprint density at radius 1 is 1.03 bits per heavy atom. The van der Waals surface area contributed by atoms with Crippen LogP contribution in [-0.2, 0) is 19.1 Å². The van der Waals surface area contributed by atoms with Crippen LogP contribution in [0, 0.1) is 11.8 Å². The number of hydrogen-bond donors (Lipinski definition) is 0. The molecular weight excluding hydrogens is 364 g/mol. The van der Waals surface area contributed by atoms with E-state index in [1.165, 1.54) is 6.42 Å². The van der Waals surface area contributed by atoms with Crippen LogP contribution in [-0.4, -0.2) is 18.5 Å². The summed E-state index contributed by atoms with van der Waals surface area (Å²) in [6, 6.07) is 10.0. The number of rotatable bonds is 12. The van der Waals surface area contributed by atoms with Gasteiger partial charge in [-0.05, 0) is 55.9 Å². The molecule has 1 aliphatic rings. The number of carbonyl (C=O) groups is 2. The van der Waals surface area contributed by atoms with E-state index in [0.717, 1.165) is 44.1 Å². The van der Waals surface area contributed by atoms with E-state index in [1.807, 2.05) is 44.2 Å². The number of unbranched alkanes of at least 4 members (excludes halogenated alkanes) is 2. The third-order valence-corrected chi connectivity index (χ3v) is 5.16. The van der Waals surface area contributed by atoms with E-state index >= 15 is 0 Å². The van der Waals surface area contributed by atoms with E-state index in [-0.39, 0.29) is 18.0 Å². The first-order valence-electron chi connectivity index (χ1n) is 11.1. The molecule has 0 amide bonds. The number of hydrogen-bond acceptors (Lipinski definition) is 4. The van der Waals surface area contributed by atoms with Gasteiger partial charge in [0.2, 0.25) is 0 Å². The van der Waals surface area contributed by atoms with Gasteiger partial charge in [-0.2, -0.15) is 0 Å². The molecule has 1 aromatic rings. The molecule has 1 aliphatic carbocycles. The van der Waals surface area contributed by atoms with Gasteiger partial charge in [-0.25, -0.2) is 0 Å². The van der Waals surface area contributed by atoms with E-state index in [4.69, 9.17) is 9.47 Å². The van der Waals surface area contributed by atoms with Crippen molar-refractivity contribution in [1.82, 2.24) is 0 Å². The zero-order valence-electron chi connectivity index (χ0n) is 18.0. The van der Waals surface area contributed by atoms with E-state index < -0.39 is 0 Å². The molecule has 2 unspecified atom stereocenters. The van der Waals surface area contributed by atoms with E-state index in [0.29, 0.717) is 31.3 Å². The quantitative estimate of drug-likeness (QED) is 0.239. The Bertz CT molecular complexity index is 635. The van der Waals surface area contributed by atoms with Gasteiger partial charge in [-0.1, -0.05) is 62.8 Å². The molecule has 1 aromatic carbocycles. The highest BCUT2D eigenvalue weighted by Gasteiger charge is 2.21. The number of carbonyl (C=O) groups excluding carboxylic acids is 2. The molecule has 0 N–H and O–H groups in total. The smallest absolute Gasteiger partial charge is 0.306 e. The summed E-state index contributed by atoms with van der Waals surface area (Å²) in [7, 11) is 0. The Balaban J connectivity index is 1.72. The molecule has 0 bridgehead atoms. The zero-order chi connectivity index (χ0) is 20.9. The first-order valence-corrected chi connectivity index (χ1v) is 11.1. The van der Waals surface area contributed by atoms with Gasteiger partial charge in [0, 0.05) is 12.8 Å². The minimum absolute atomic E-state index is 0.147. The third-order valence-electron chi connectivity index (χ3n) is 5.16. The highest BCUT2D eigenvalue weighted by Crippen LogP contribution is 2.31. The second-order valence-electron chi connectivity index (χ2n) is 8.38. The van der Waals surface area contributed by atoms with Crippen molar-refractivity contribution in [3.05, 3.63) is 48.0 Å². The zero-order valence-corrected chi connectivity index (χ0v) is 18.0. The monoisotopic (exact) mass is 400 g/mol. The first-order chi connectivity index (χ1) is 14.0. The molecule has 29 heavy (non-hydrogen) atoms. The lowest BCUT2D eigenvalue weighted by molar-refractivity contribution is -0.150. The molecule has 0 spiro atoms. The van der Waals surface area contributed by atoms with Gasteiger partial charge in [0.05, 0.1) is 6.61 Å². The minimum Gasteiger partial charge on any atom is -0.465 e. The normalized spacial score (nSPS) is 17.1. The average molecular weight is 401 g/mol. The van der Waals surface area contributed by atoms with Crippen LogP contribution >= 0.6 is 0 Å². The van der Waals surface area contributed by atoms with Crippen molar-refractivity contribution in [2.45, 2.75) is 77.7 Å². The number of ether oxygens (including phenoxy) is 2. The fraction of sp³-hybridized carbons (Fsp3) is 0.600. The van der Waals surface area contributed by atoms with Crippen LogP contribution in [0.3, 0.4) is 0 Å². The maximum absolute atomic E-state index is 12.4. The van der Waals surface area contributed by atoms with Crippen LogP contribution in [0.4, 0.5) is 0 Å². The molecule has 0 saturated heterocycles. The van der Waals surface area contributed by atoms with Crippen LogP contribution in [0.5, 0.6) is 0 Å². The summed E-state index contributed by atoms with van der Waals surface area (Å²) in [5.41, 5.74) is 1.06. The van der Waals surface area contributed by atoms with Crippen LogP contribution in [0.2, 0.25) is 0 Å². The molecule has 0 radical (unpaired) electrons. The molecule has 4 heteroatoms. The van der Waals surface area contributed by atoms with Gasteiger partial charge in [-0.15, -0.1) is 0 Å². The highest BCUT2D eigenvalue weighted by atomic mass is 16.5. The fourth-order valence-electron chi connectivity index (χ4n) is 3.54. The third kappa shape index (κ3) is 9.78. The number of benzene rings is 1. The summed E-state index contributed by atoms with van der Waals surface area (Å²) in [6.45, 7) is 4.51. The average Bonchev–Trinajstić information content (AvgIpc) is 2.73. The van der Waals surface area contributed by atoms with Gasteiger partial charge in [0.15, 0.2) is 0 Å². The van der Waals surface area contributed by atoms with Crippen molar-refractivity contribution in [2.24, 2.45) is 11.8 Å². The van der Waals surface area contributed by atoms with Crippen molar-refractivity contribution < 1.29 is 19.1 Å². The fourth-order valence-corrected chi connectivity index (χ4v) is 3.54. The summed E-state index contributed by atoms with van der Waals surface area (Å²) >= 11 is 0. The van der Waals surface area contributed by atoms with E-state index in [9.17, 15) is 9.59 Å². The maximum Gasteiger partial charge on any atom is 0.306 e. The largest absolute Gasteiger partial charge is 0.465 e. The van der Waals surface area contributed by atoms with Crippen LogP contribution < -0.4 is 0 Å². The summed E-state index contributed by atoms with van der Waals surface area (Å²) in [4.78, 5) is 24.0. The van der Waals surface area contributed by atoms with Crippen LogP contribution in [0.25, 0.3) is 0 Å². The Morgan fingerprint density at radius 3 is 2.41 bits per heavy atom. The summed E-state index contributed by atoms with van der Waals surface area (Å²) < 4.78 is 11.0.